The second-order valence-corrected chi connectivity index (χ2v) is 5.99. The molecule has 0 aliphatic heterocycles. The van der Waals surface area contributed by atoms with Gasteiger partial charge in [-0.05, 0) is 56.2 Å². The lowest BCUT2D eigenvalue weighted by Crippen LogP contribution is -2.18. The Kier molecular flexibility index (Phi) is 6.22. The molecule has 2 aromatic rings. The molecule has 0 amide bonds. The molecule has 0 saturated carbocycles. The zero-order valence-electron chi connectivity index (χ0n) is 14.7. The van der Waals surface area contributed by atoms with Crippen molar-refractivity contribution in [1.29, 1.82) is 5.26 Å². The summed E-state index contributed by atoms with van der Waals surface area (Å²) in [5.74, 6) is 1.50. The third kappa shape index (κ3) is 4.74. The standard InChI is InChI=1S/C20H24N2O2/c1-14(2)24-19-10-9-18(11-20(19)23-4)15(3)22-13-17-7-5-16(12-21)6-8-17/h5-11,14-15,22H,13H2,1-4H3. The van der Waals surface area contributed by atoms with Crippen molar-refractivity contribution in [2.45, 2.75) is 39.5 Å². The predicted molar refractivity (Wildman–Crippen MR) is 95.2 cm³/mol. The normalized spacial score (nSPS) is 11.8. The monoisotopic (exact) mass is 324 g/mol. The number of rotatable bonds is 7. The fraction of sp³-hybridized carbons (Fsp3) is 0.350. The Hall–Kier alpha value is -2.51. The van der Waals surface area contributed by atoms with Crippen LogP contribution in [0.25, 0.3) is 0 Å². The topological polar surface area (TPSA) is 54.3 Å². The summed E-state index contributed by atoms with van der Waals surface area (Å²) in [6, 6.07) is 15.9. The zero-order chi connectivity index (χ0) is 17.5. The van der Waals surface area contributed by atoms with Gasteiger partial charge in [0.15, 0.2) is 11.5 Å². The first-order valence-corrected chi connectivity index (χ1v) is 8.10. The average molecular weight is 324 g/mol. The molecule has 4 nitrogen and oxygen atoms in total. The van der Waals surface area contributed by atoms with Crippen LogP contribution < -0.4 is 14.8 Å². The SMILES string of the molecule is COc1cc(C(C)NCc2ccc(C#N)cc2)ccc1OC(C)C. The molecule has 0 aliphatic rings. The highest BCUT2D eigenvalue weighted by atomic mass is 16.5. The van der Waals surface area contributed by atoms with E-state index in [1.54, 1.807) is 7.11 Å². The smallest absolute Gasteiger partial charge is 0.161 e. The molecule has 0 bridgehead atoms. The van der Waals surface area contributed by atoms with E-state index in [-0.39, 0.29) is 12.1 Å². The summed E-state index contributed by atoms with van der Waals surface area (Å²) in [5, 5.41) is 12.3. The first-order chi connectivity index (χ1) is 11.5. The lowest BCUT2D eigenvalue weighted by molar-refractivity contribution is 0.230. The Morgan fingerprint density at radius 3 is 2.33 bits per heavy atom. The molecule has 0 spiro atoms. The second-order valence-electron chi connectivity index (χ2n) is 5.99. The molecule has 1 unspecified atom stereocenters. The Morgan fingerprint density at radius 2 is 1.75 bits per heavy atom. The van der Waals surface area contributed by atoms with Crippen molar-refractivity contribution < 1.29 is 9.47 Å². The van der Waals surface area contributed by atoms with E-state index in [2.05, 4.69) is 24.4 Å². The first kappa shape index (κ1) is 17.8. The second kappa shape index (κ2) is 8.37. The van der Waals surface area contributed by atoms with Crippen molar-refractivity contribution in [2.24, 2.45) is 0 Å². The number of hydrogen-bond acceptors (Lipinski definition) is 4. The van der Waals surface area contributed by atoms with Gasteiger partial charge in [0.2, 0.25) is 0 Å². The van der Waals surface area contributed by atoms with Crippen molar-refractivity contribution in [2.75, 3.05) is 7.11 Å². The van der Waals surface area contributed by atoms with Gasteiger partial charge in [0.1, 0.15) is 0 Å². The number of hydrogen-bond donors (Lipinski definition) is 1. The van der Waals surface area contributed by atoms with E-state index in [9.17, 15) is 0 Å². The van der Waals surface area contributed by atoms with Crippen LogP contribution >= 0.6 is 0 Å². The van der Waals surface area contributed by atoms with E-state index in [0.29, 0.717) is 5.56 Å². The Morgan fingerprint density at radius 1 is 1.04 bits per heavy atom. The van der Waals surface area contributed by atoms with Gasteiger partial charge in [0, 0.05) is 12.6 Å². The molecule has 1 atom stereocenters. The van der Waals surface area contributed by atoms with Crippen LogP contribution in [0.5, 0.6) is 11.5 Å². The third-order valence-corrected chi connectivity index (χ3v) is 3.75. The van der Waals surface area contributed by atoms with Crippen LogP contribution in [0.2, 0.25) is 0 Å². The van der Waals surface area contributed by atoms with Gasteiger partial charge in [-0.25, -0.2) is 0 Å². The summed E-state index contributed by atoms with van der Waals surface area (Å²) < 4.78 is 11.2. The van der Waals surface area contributed by atoms with Crippen molar-refractivity contribution in [3.05, 3.63) is 59.2 Å². The minimum absolute atomic E-state index is 0.108. The zero-order valence-corrected chi connectivity index (χ0v) is 14.7. The molecule has 2 rings (SSSR count). The third-order valence-electron chi connectivity index (χ3n) is 3.75. The maximum absolute atomic E-state index is 8.83. The van der Waals surface area contributed by atoms with Gasteiger partial charge in [-0.1, -0.05) is 18.2 Å². The number of methoxy groups -OCH3 is 1. The van der Waals surface area contributed by atoms with E-state index >= 15 is 0 Å². The first-order valence-electron chi connectivity index (χ1n) is 8.10. The molecular formula is C20H24N2O2. The molecule has 0 heterocycles. The maximum Gasteiger partial charge on any atom is 0.161 e. The van der Waals surface area contributed by atoms with E-state index in [1.165, 1.54) is 0 Å². The van der Waals surface area contributed by atoms with Gasteiger partial charge >= 0.3 is 0 Å². The van der Waals surface area contributed by atoms with Gasteiger partial charge in [-0.15, -0.1) is 0 Å². The van der Waals surface area contributed by atoms with E-state index < -0.39 is 0 Å². The maximum atomic E-state index is 8.83. The number of nitrogens with one attached hydrogen (secondary N) is 1. The van der Waals surface area contributed by atoms with Crippen LogP contribution in [0.4, 0.5) is 0 Å². The Labute approximate surface area is 144 Å². The van der Waals surface area contributed by atoms with E-state index in [1.807, 2.05) is 50.2 Å². The molecule has 0 radical (unpaired) electrons. The summed E-state index contributed by atoms with van der Waals surface area (Å²) in [7, 11) is 1.65. The molecule has 0 aromatic heterocycles. The summed E-state index contributed by atoms with van der Waals surface area (Å²) in [6.07, 6.45) is 0.108. The lowest BCUT2D eigenvalue weighted by atomic mass is 10.1. The van der Waals surface area contributed by atoms with Gasteiger partial charge in [0.05, 0.1) is 24.8 Å². The average Bonchev–Trinajstić information content (AvgIpc) is 2.60. The quantitative estimate of drug-likeness (QED) is 0.829. The highest BCUT2D eigenvalue weighted by Gasteiger charge is 2.11. The van der Waals surface area contributed by atoms with Gasteiger partial charge in [-0.2, -0.15) is 5.26 Å². The molecule has 0 aliphatic carbocycles. The van der Waals surface area contributed by atoms with Crippen molar-refractivity contribution in [3.63, 3.8) is 0 Å². The van der Waals surface area contributed by atoms with Crippen LogP contribution in [-0.2, 0) is 6.54 Å². The number of benzene rings is 2. The molecule has 24 heavy (non-hydrogen) atoms. The highest BCUT2D eigenvalue weighted by molar-refractivity contribution is 5.44. The molecular weight excluding hydrogens is 300 g/mol. The summed E-state index contributed by atoms with van der Waals surface area (Å²) in [6.45, 7) is 6.84. The van der Waals surface area contributed by atoms with Crippen LogP contribution in [0, 0.1) is 11.3 Å². The largest absolute Gasteiger partial charge is 0.493 e. The predicted octanol–water partition coefficient (Wildman–Crippen LogP) is 4.20. The molecule has 1 N–H and O–H groups in total. The fourth-order valence-corrected chi connectivity index (χ4v) is 2.39. The highest BCUT2D eigenvalue weighted by Crippen LogP contribution is 2.31. The van der Waals surface area contributed by atoms with Gasteiger partial charge < -0.3 is 14.8 Å². The minimum atomic E-state index is 0.108. The van der Waals surface area contributed by atoms with Crippen LogP contribution in [0.3, 0.4) is 0 Å². The molecule has 0 fully saturated rings. The van der Waals surface area contributed by atoms with E-state index in [4.69, 9.17) is 14.7 Å². The van der Waals surface area contributed by atoms with Crippen molar-refractivity contribution in [3.8, 4) is 17.6 Å². The van der Waals surface area contributed by atoms with Gasteiger partial charge in [-0.3, -0.25) is 0 Å². The Balaban J connectivity index is 2.03. The van der Waals surface area contributed by atoms with Crippen LogP contribution in [0.15, 0.2) is 42.5 Å². The van der Waals surface area contributed by atoms with Crippen molar-refractivity contribution in [1.82, 2.24) is 5.32 Å². The van der Waals surface area contributed by atoms with Gasteiger partial charge in [0.25, 0.3) is 0 Å². The molecule has 126 valence electrons. The summed E-state index contributed by atoms with van der Waals surface area (Å²) in [4.78, 5) is 0. The molecule has 2 aromatic carbocycles. The van der Waals surface area contributed by atoms with E-state index in [0.717, 1.165) is 29.2 Å². The minimum Gasteiger partial charge on any atom is -0.493 e. The number of nitriles is 1. The van der Waals surface area contributed by atoms with Crippen molar-refractivity contribution >= 4 is 0 Å². The van der Waals surface area contributed by atoms with Crippen LogP contribution in [0.1, 0.15) is 43.5 Å². The summed E-state index contributed by atoms with van der Waals surface area (Å²) in [5.41, 5.74) is 2.96. The lowest BCUT2D eigenvalue weighted by Gasteiger charge is -2.18. The number of nitrogens with zero attached hydrogens (tertiary/aromatic N) is 1. The van der Waals surface area contributed by atoms with Crippen LogP contribution in [-0.4, -0.2) is 13.2 Å². The summed E-state index contributed by atoms with van der Waals surface area (Å²) >= 11 is 0. The molecule has 0 saturated heterocycles. The Bertz CT molecular complexity index is 703. The molecule has 4 heteroatoms. The number of ether oxygens (including phenoxy) is 2. The fourth-order valence-electron chi connectivity index (χ4n) is 2.39.